The molecule has 0 saturated carbocycles. The lowest BCUT2D eigenvalue weighted by molar-refractivity contribution is -0.137. The van der Waals surface area contributed by atoms with E-state index in [1.807, 2.05) is 0 Å². The molecule has 1 aliphatic heterocycles. The molecule has 0 bridgehead atoms. The molecule has 0 aliphatic carbocycles. The Balaban J connectivity index is 1.65. The lowest BCUT2D eigenvalue weighted by atomic mass is 10.0. The second-order valence-corrected chi connectivity index (χ2v) is 10.8. The molecule has 0 spiro atoms. The standard InChI is InChI=1S/C25H30F3N3O6S/c1-16(32)29-21(15-17-5-4-6-22(36-2)23(17)37-3)24(33)30-19-11-13-31(14-12-19)38(34,35)20-9-7-18(8-10-20)25(26,27)28/h4-10,19,21H,11-15H2,1-3H3,(H,29,32)(H,30,33)/t21-/m1/s1. The average Bonchev–Trinajstić information content (AvgIpc) is 2.87. The number of hydrogen-bond donors (Lipinski definition) is 2. The topological polar surface area (TPSA) is 114 Å². The molecule has 1 aliphatic rings. The fraction of sp³-hybridized carbons (Fsp3) is 0.440. The van der Waals surface area contributed by atoms with E-state index in [4.69, 9.17) is 9.47 Å². The summed E-state index contributed by atoms with van der Waals surface area (Å²) in [5, 5.41) is 5.52. The Hall–Kier alpha value is -3.32. The van der Waals surface area contributed by atoms with Crippen LogP contribution < -0.4 is 20.1 Å². The highest BCUT2D eigenvalue weighted by molar-refractivity contribution is 7.89. The third kappa shape index (κ3) is 6.95. The summed E-state index contributed by atoms with van der Waals surface area (Å²) in [5.74, 6) is 0.0899. The van der Waals surface area contributed by atoms with Gasteiger partial charge in [0.15, 0.2) is 11.5 Å². The number of carbonyl (C=O) groups excluding carboxylic acids is 2. The van der Waals surface area contributed by atoms with Crippen molar-refractivity contribution in [2.45, 2.75) is 49.3 Å². The van der Waals surface area contributed by atoms with Crippen molar-refractivity contribution in [2.75, 3.05) is 27.3 Å². The Bertz CT molecular complexity index is 1240. The second kappa shape index (κ2) is 12.0. The van der Waals surface area contributed by atoms with Crippen molar-refractivity contribution in [1.29, 1.82) is 0 Å². The molecule has 1 saturated heterocycles. The van der Waals surface area contributed by atoms with Crippen LogP contribution in [0.4, 0.5) is 13.2 Å². The van der Waals surface area contributed by atoms with Gasteiger partial charge in [0.25, 0.3) is 0 Å². The monoisotopic (exact) mass is 557 g/mol. The number of benzene rings is 2. The maximum Gasteiger partial charge on any atom is 0.416 e. The first-order chi connectivity index (χ1) is 17.9. The number of alkyl halides is 3. The van der Waals surface area contributed by atoms with Crippen LogP contribution in [0.1, 0.15) is 30.9 Å². The van der Waals surface area contributed by atoms with E-state index in [2.05, 4.69) is 10.6 Å². The van der Waals surface area contributed by atoms with Crippen molar-refractivity contribution in [3.05, 3.63) is 53.6 Å². The van der Waals surface area contributed by atoms with Crippen molar-refractivity contribution in [1.82, 2.24) is 14.9 Å². The molecular formula is C25H30F3N3O6S. The molecule has 38 heavy (non-hydrogen) atoms. The number of methoxy groups -OCH3 is 2. The molecule has 3 rings (SSSR count). The summed E-state index contributed by atoms with van der Waals surface area (Å²) in [7, 11) is -1.03. The number of sulfonamides is 1. The number of halogens is 3. The zero-order valence-corrected chi connectivity index (χ0v) is 22.0. The van der Waals surface area contributed by atoms with Gasteiger partial charge in [-0.15, -0.1) is 0 Å². The van der Waals surface area contributed by atoms with E-state index in [1.54, 1.807) is 18.2 Å². The van der Waals surface area contributed by atoms with Crippen LogP contribution >= 0.6 is 0 Å². The fourth-order valence-corrected chi connectivity index (χ4v) is 5.77. The van der Waals surface area contributed by atoms with Crippen molar-refractivity contribution in [3.63, 3.8) is 0 Å². The van der Waals surface area contributed by atoms with Crippen molar-refractivity contribution < 1.29 is 40.7 Å². The maximum absolute atomic E-state index is 13.1. The normalized spacial score (nSPS) is 15.9. The maximum atomic E-state index is 13.1. The van der Waals surface area contributed by atoms with Crippen LogP contribution in [0, 0.1) is 0 Å². The first kappa shape index (κ1) is 29.2. The van der Waals surface area contributed by atoms with E-state index < -0.39 is 39.6 Å². The van der Waals surface area contributed by atoms with Crippen LogP contribution in [-0.4, -0.2) is 63.9 Å². The molecule has 9 nitrogen and oxygen atoms in total. The molecule has 13 heteroatoms. The Kier molecular flexibility index (Phi) is 9.26. The van der Waals surface area contributed by atoms with Crippen molar-refractivity contribution in [3.8, 4) is 11.5 Å². The molecule has 1 fully saturated rings. The Morgan fingerprint density at radius 3 is 2.21 bits per heavy atom. The quantitative estimate of drug-likeness (QED) is 0.490. The number of carbonyl (C=O) groups is 2. The van der Waals surface area contributed by atoms with Crippen LogP contribution in [0.5, 0.6) is 11.5 Å². The summed E-state index contributed by atoms with van der Waals surface area (Å²) in [6, 6.07) is 7.29. The molecule has 0 aromatic heterocycles. The summed E-state index contributed by atoms with van der Waals surface area (Å²) in [5.41, 5.74) is -0.281. The van der Waals surface area contributed by atoms with E-state index in [-0.39, 0.29) is 30.4 Å². The van der Waals surface area contributed by atoms with Crippen LogP contribution in [-0.2, 0) is 32.2 Å². The van der Waals surface area contributed by atoms with E-state index in [1.165, 1.54) is 25.4 Å². The van der Waals surface area contributed by atoms with E-state index in [9.17, 15) is 31.2 Å². The molecule has 208 valence electrons. The number of para-hydroxylation sites is 1. The highest BCUT2D eigenvalue weighted by atomic mass is 32.2. The van der Waals surface area contributed by atoms with Gasteiger partial charge in [0.2, 0.25) is 21.8 Å². The average molecular weight is 558 g/mol. The number of amides is 2. The summed E-state index contributed by atoms with van der Waals surface area (Å²) >= 11 is 0. The van der Waals surface area contributed by atoms with Gasteiger partial charge in [-0.05, 0) is 43.2 Å². The molecule has 2 aromatic carbocycles. The van der Waals surface area contributed by atoms with Gasteiger partial charge in [-0.1, -0.05) is 12.1 Å². The minimum atomic E-state index is -4.56. The van der Waals surface area contributed by atoms with E-state index >= 15 is 0 Å². The SMILES string of the molecule is COc1cccc(C[C@@H](NC(C)=O)C(=O)NC2CCN(S(=O)(=O)c3ccc(C(F)(F)F)cc3)CC2)c1OC. The van der Waals surface area contributed by atoms with E-state index in [0.29, 0.717) is 29.9 Å². The zero-order valence-electron chi connectivity index (χ0n) is 21.2. The lowest BCUT2D eigenvalue weighted by Crippen LogP contribution is -2.53. The molecule has 1 atom stereocenters. The first-order valence-electron chi connectivity index (χ1n) is 11.8. The number of hydrogen-bond acceptors (Lipinski definition) is 6. The molecule has 1 heterocycles. The third-order valence-electron chi connectivity index (χ3n) is 6.22. The van der Waals surface area contributed by atoms with Crippen molar-refractivity contribution in [2.24, 2.45) is 0 Å². The smallest absolute Gasteiger partial charge is 0.416 e. The van der Waals surface area contributed by atoms with Gasteiger partial charge in [-0.25, -0.2) is 8.42 Å². The minimum Gasteiger partial charge on any atom is -0.493 e. The van der Waals surface area contributed by atoms with Gasteiger partial charge in [0.05, 0.1) is 24.7 Å². The first-order valence-corrected chi connectivity index (χ1v) is 13.3. The van der Waals surface area contributed by atoms with Gasteiger partial charge in [0.1, 0.15) is 6.04 Å². The predicted molar refractivity (Wildman–Crippen MR) is 132 cm³/mol. The Morgan fingerprint density at radius 2 is 1.68 bits per heavy atom. The van der Waals surface area contributed by atoms with Crippen LogP contribution in [0.2, 0.25) is 0 Å². The molecule has 2 aromatic rings. The van der Waals surface area contributed by atoms with Crippen molar-refractivity contribution >= 4 is 21.8 Å². The van der Waals surface area contributed by atoms with Gasteiger partial charge in [-0.3, -0.25) is 9.59 Å². The number of rotatable bonds is 9. The molecular weight excluding hydrogens is 527 g/mol. The summed E-state index contributed by atoms with van der Waals surface area (Å²) in [6.07, 6.45) is -3.85. The Morgan fingerprint density at radius 1 is 1.05 bits per heavy atom. The highest BCUT2D eigenvalue weighted by Crippen LogP contribution is 2.32. The fourth-order valence-electron chi connectivity index (χ4n) is 4.30. The summed E-state index contributed by atoms with van der Waals surface area (Å²) in [4.78, 5) is 24.7. The second-order valence-electron chi connectivity index (χ2n) is 8.82. The number of ether oxygens (including phenoxy) is 2. The molecule has 2 N–H and O–H groups in total. The third-order valence-corrected chi connectivity index (χ3v) is 8.14. The highest BCUT2D eigenvalue weighted by Gasteiger charge is 2.34. The summed E-state index contributed by atoms with van der Waals surface area (Å²) < 4.78 is 76.1. The van der Waals surface area contributed by atoms with Crippen LogP contribution in [0.25, 0.3) is 0 Å². The van der Waals surface area contributed by atoms with Crippen LogP contribution in [0.15, 0.2) is 47.4 Å². The Labute approximate surface area is 219 Å². The number of nitrogens with zero attached hydrogens (tertiary/aromatic N) is 1. The molecule has 0 unspecified atom stereocenters. The largest absolute Gasteiger partial charge is 0.493 e. The van der Waals surface area contributed by atoms with Gasteiger partial charge < -0.3 is 20.1 Å². The number of nitrogens with one attached hydrogen (secondary N) is 2. The van der Waals surface area contributed by atoms with Gasteiger partial charge >= 0.3 is 6.18 Å². The van der Waals surface area contributed by atoms with Crippen LogP contribution in [0.3, 0.4) is 0 Å². The minimum absolute atomic E-state index is 0.0722. The molecule has 2 amide bonds. The summed E-state index contributed by atoms with van der Waals surface area (Å²) in [6.45, 7) is 1.44. The van der Waals surface area contributed by atoms with E-state index in [0.717, 1.165) is 24.3 Å². The lowest BCUT2D eigenvalue weighted by Gasteiger charge is -2.32. The predicted octanol–water partition coefficient (Wildman–Crippen LogP) is 2.74. The van der Waals surface area contributed by atoms with Gasteiger partial charge in [0, 0.05) is 38.0 Å². The zero-order chi connectivity index (χ0) is 28.1. The molecule has 0 radical (unpaired) electrons. The van der Waals surface area contributed by atoms with Gasteiger partial charge in [-0.2, -0.15) is 17.5 Å². The number of piperidine rings is 1.